The molecule has 0 aliphatic carbocycles. The third-order valence-corrected chi connectivity index (χ3v) is 3.71. The van der Waals surface area contributed by atoms with Crippen LogP contribution in [0.15, 0.2) is 29.2 Å². The van der Waals surface area contributed by atoms with Crippen LogP contribution in [0.2, 0.25) is 0 Å². The van der Waals surface area contributed by atoms with Gasteiger partial charge in [-0.2, -0.15) is 0 Å². The summed E-state index contributed by atoms with van der Waals surface area (Å²) in [6, 6.07) is 8.18. The lowest BCUT2D eigenvalue weighted by molar-refractivity contribution is 0.0455. The number of hydrogen-bond acceptors (Lipinski definition) is 3. The van der Waals surface area contributed by atoms with Crippen molar-refractivity contribution in [3.8, 4) is 0 Å². The zero-order valence-corrected chi connectivity index (χ0v) is 9.67. The van der Waals surface area contributed by atoms with Gasteiger partial charge < -0.3 is 9.84 Å². The van der Waals surface area contributed by atoms with E-state index in [0.29, 0.717) is 5.25 Å². The zero-order valence-electron chi connectivity index (χ0n) is 8.85. The number of hydrogen-bond donors (Lipinski definition) is 1. The van der Waals surface area contributed by atoms with Gasteiger partial charge in [0.05, 0.1) is 24.6 Å². The average molecular weight is 224 g/mol. The van der Waals surface area contributed by atoms with Crippen molar-refractivity contribution in [1.29, 1.82) is 0 Å². The molecule has 1 aromatic rings. The third kappa shape index (κ3) is 2.74. The summed E-state index contributed by atoms with van der Waals surface area (Å²) < 4.78 is 5.13. The maximum atomic E-state index is 9.63. The van der Waals surface area contributed by atoms with Crippen LogP contribution >= 0.6 is 11.8 Å². The first-order chi connectivity index (χ1) is 7.29. The van der Waals surface area contributed by atoms with Crippen molar-refractivity contribution in [3.05, 3.63) is 29.8 Å². The Morgan fingerprint density at radius 3 is 2.53 bits per heavy atom. The molecule has 0 unspecified atom stereocenters. The number of thioether (sulfide) groups is 1. The van der Waals surface area contributed by atoms with E-state index in [2.05, 4.69) is 12.1 Å². The molecule has 1 N–H and O–H groups in total. The van der Waals surface area contributed by atoms with E-state index < -0.39 is 0 Å². The minimum atomic E-state index is -0.323. The molecule has 1 atom stereocenters. The van der Waals surface area contributed by atoms with Gasteiger partial charge in [0.15, 0.2) is 0 Å². The number of aliphatic hydroxyl groups is 1. The SMILES string of the molecule is CC[C@@H](O)c1ccc(SC2COC2)cc1. The second-order valence-corrected chi connectivity index (χ2v) is 5.14. The van der Waals surface area contributed by atoms with Gasteiger partial charge >= 0.3 is 0 Å². The first-order valence-corrected chi connectivity index (χ1v) is 6.20. The number of aliphatic hydroxyl groups excluding tert-OH is 1. The van der Waals surface area contributed by atoms with Gasteiger partial charge in [0.1, 0.15) is 0 Å². The van der Waals surface area contributed by atoms with E-state index in [1.54, 1.807) is 0 Å². The quantitative estimate of drug-likeness (QED) is 0.852. The van der Waals surface area contributed by atoms with Crippen molar-refractivity contribution >= 4 is 11.8 Å². The normalized spacial score (nSPS) is 18.5. The molecule has 2 rings (SSSR count). The van der Waals surface area contributed by atoms with Crippen LogP contribution in [0.3, 0.4) is 0 Å². The van der Waals surface area contributed by atoms with Crippen molar-refractivity contribution < 1.29 is 9.84 Å². The van der Waals surface area contributed by atoms with Crippen molar-refractivity contribution in [2.45, 2.75) is 29.6 Å². The van der Waals surface area contributed by atoms with Gasteiger partial charge in [0.2, 0.25) is 0 Å². The highest BCUT2D eigenvalue weighted by molar-refractivity contribution is 8.00. The summed E-state index contributed by atoms with van der Waals surface area (Å²) in [5.74, 6) is 0. The van der Waals surface area contributed by atoms with E-state index in [4.69, 9.17) is 4.74 Å². The second-order valence-electron chi connectivity index (χ2n) is 3.77. The Hall–Kier alpha value is -0.510. The molecule has 1 heterocycles. The Morgan fingerprint density at radius 2 is 2.07 bits per heavy atom. The predicted molar refractivity (Wildman–Crippen MR) is 62.2 cm³/mol. The van der Waals surface area contributed by atoms with Crippen molar-refractivity contribution in [2.75, 3.05) is 13.2 Å². The lowest BCUT2D eigenvalue weighted by Crippen LogP contribution is -2.29. The topological polar surface area (TPSA) is 29.5 Å². The fraction of sp³-hybridized carbons (Fsp3) is 0.500. The van der Waals surface area contributed by atoms with E-state index in [-0.39, 0.29) is 6.10 Å². The third-order valence-electron chi connectivity index (χ3n) is 2.56. The van der Waals surface area contributed by atoms with Gasteiger partial charge in [-0.25, -0.2) is 0 Å². The molecule has 1 fully saturated rings. The Balaban J connectivity index is 1.96. The summed E-state index contributed by atoms with van der Waals surface area (Å²) in [7, 11) is 0. The van der Waals surface area contributed by atoms with E-state index in [9.17, 15) is 5.11 Å². The summed E-state index contributed by atoms with van der Waals surface area (Å²) in [4.78, 5) is 1.26. The van der Waals surface area contributed by atoms with Gasteiger partial charge in [-0.3, -0.25) is 0 Å². The van der Waals surface area contributed by atoms with E-state index in [0.717, 1.165) is 25.2 Å². The molecule has 0 radical (unpaired) electrons. The Morgan fingerprint density at radius 1 is 1.40 bits per heavy atom. The Bertz CT molecular complexity index is 306. The average Bonchev–Trinajstić information content (AvgIpc) is 2.23. The molecule has 1 aromatic carbocycles. The van der Waals surface area contributed by atoms with Crippen LogP contribution in [0.25, 0.3) is 0 Å². The predicted octanol–water partition coefficient (Wildman–Crippen LogP) is 2.62. The molecule has 0 aromatic heterocycles. The molecule has 0 saturated carbocycles. The smallest absolute Gasteiger partial charge is 0.0787 e. The van der Waals surface area contributed by atoms with Gasteiger partial charge in [0, 0.05) is 4.90 Å². The van der Waals surface area contributed by atoms with Crippen molar-refractivity contribution in [3.63, 3.8) is 0 Å². The highest BCUT2D eigenvalue weighted by atomic mass is 32.2. The van der Waals surface area contributed by atoms with Crippen LogP contribution in [-0.2, 0) is 4.74 Å². The largest absolute Gasteiger partial charge is 0.388 e. The van der Waals surface area contributed by atoms with E-state index in [1.807, 2.05) is 30.8 Å². The van der Waals surface area contributed by atoms with Gasteiger partial charge in [-0.1, -0.05) is 19.1 Å². The van der Waals surface area contributed by atoms with Gasteiger partial charge in [-0.15, -0.1) is 11.8 Å². The molecule has 2 nitrogen and oxygen atoms in total. The molecule has 82 valence electrons. The van der Waals surface area contributed by atoms with Gasteiger partial charge in [-0.05, 0) is 24.1 Å². The standard InChI is InChI=1S/C12H16O2S/c1-2-12(13)9-3-5-10(6-4-9)15-11-7-14-8-11/h3-6,11-13H,2,7-8H2,1H3/t12-/m1/s1. The zero-order chi connectivity index (χ0) is 10.7. The monoisotopic (exact) mass is 224 g/mol. The van der Waals surface area contributed by atoms with E-state index >= 15 is 0 Å². The fourth-order valence-corrected chi connectivity index (χ4v) is 2.49. The molecule has 15 heavy (non-hydrogen) atoms. The van der Waals surface area contributed by atoms with Crippen LogP contribution in [0, 0.1) is 0 Å². The number of ether oxygens (including phenoxy) is 1. The van der Waals surface area contributed by atoms with E-state index in [1.165, 1.54) is 4.90 Å². The number of benzene rings is 1. The molecule has 1 aliphatic rings. The molecule has 0 bridgehead atoms. The van der Waals surface area contributed by atoms with Crippen molar-refractivity contribution in [2.24, 2.45) is 0 Å². The molecule has 0 amide bonds. The molecular weight excluding hydrogens is 208 g/mol. The minimum Gasteiger partial charge on any atom is -0.388 e. The summed E-state index contributed by atoms with van der Waals surface area (Å²) in [5, 5.41) is 10.3. The van der Waals surface area contributed by atoms with Crippen LogP contribution < -0.4 is 0 Å². The summed E-state index contributed by atoms with van der Waals surface area (Å²) in [6.45, 7) is 3.72. The second kappa shape index (κ2) is 5.01. The van der Waals surface area contributed by atoms with Crippen molar-refractivity contribution in [1.82, 2.24) is 0 Å². The highest BCUT2D eigenvalue weighted by Crippen LogP contribution is 2.29. The lowest BCUT2D eigenvalue weighted by atomic mass is 10.1. The summed E-state index contributed by atoms with van der Waals surface area (Å²) >= 11 is 1.85. The fourth-order valence-electron chi connectivity index (χ4n) is 1.48. The molecule has 1 saturated heterocycles. The van der Waals surface area contributed by atoms with Crippen LogP contribution in [-0.4, -0.2) is 23.6 Å². The molecule has 0 spiro atoms. The maximum absolute atomic E-state index is 9.63. The Labute approximate surface area is 94.6 Å². The number of rotatable bonds is 4. The van der Waals surface area contributed by atoms with Crippen LogP contribution in [0.5, 0.6) is 0 Å². The molecule has 1 aliphatic heterocycles. The summed E-state index contributed by atoms with van der Waals surface area (Å²) in [5.41, 5.74) is 1.01. The van der Waals surface area contributed by atoms with Gasteiger partial charge in [0.25, 0.3) is 0 Å². The minimum absolute atomic E-state index is 0.323. The molecular formula is C12H16O2S. The first kappa shape index (κ1) is 11.0. The lowest BCUT2D eigenvalue weighted by Gasteiger charge is -2.25. The first-order valence-electron chi connectivity index (χ1n) is 5.32. The summed E-state index contributed by atoms with van der Waals surface area (Å²) in [6.07, 6.45) is 0.444. The van der Waals surface area contributed by atoms with Crippen LogP contribution in [0.1, 0.15) is 25.0 Å². The van der Waals surface area contributed by atoms with Crippen LogP contribution in [0.4, 0.5) is 0 Å². The highest BCUT2D eigenvalue weighted by Gasteiger charge is 2.19. The maximum Gasteiger partial charge on any atom is 0.0787 e. The molecule has 3 heteroatoms. The Kier molecular flexibility index (Phi) is 3.67.